The summed E-state index contributed by atoms with van der Waals surface area (Å²) in [6.45, 7) is 3.71. The number of amides is 1. The topological polar surface area (TPSA) is 128 Å². The first-order chi connectivity index (χ1) is 16.9. The van der Waals surface area contributed by atoms with Crippen LogP contribution in [0.3, 0.4) is 0 Å². The van der Waals surface area contributed by atoms with Crippen LogP contribution in [0.4, 0.5) is 21.7 Å². The minimum absolute atomic E-state index is 0.146. The van der Waals surface area contributed by atoms with E-state index in [0.29, 0.717) is 39.1 Å². The number of nitrogen functional groups attached to an aromatic ring is 1. The normalized spacial score (nSPS) is 10.6. The van der Waals surface area contributed by atoms with E-state index >= 15 is 0 Å². The Bertz CT molecular complexity index is 1380. The van der Waals surface area contributed by atoms with Crippen LogP contribution in [-0.4, -0.2) is 20.9 Å². The van der Waals surface area contributed by atoms with Gasteiger partial charge in [-0.3, -0.25) is 4.79 Å². The van der Waals surface area contributed by atoms with Gasteiger partial charge in [-0.1, -0.05) is 30.3 Å². The quantitative estimate of drug-likeness (QED) is 0.287. The van der Waals surface area contributed by atoms with Crippen LogP contribution in [-0.2, 0) is 17.9 Å². The van der Waals surface area contributed by atoms with Gasteiger partial charge < -0.3 is 25.5 Å². The van der Waals surface area contributed by atoms with Crippen molar-refractivity contribution in [3.8, 4) is 17.2 Å². The molecule has 35 heavy (non-hydrogen) atoms. The number of hydrogen-bond donors (Lipinski definition) is 3. The lowest BCUT2D eigenvalue weighted by molar-refractivity contribution is -0.116. The zero-order chi connectivity index (χ0) is 24.8. The first-order valence-electron chi connectivity index (χ1n) is 10.3. The minimum Gasteiger partial charge on any atom is -0.487 e. The molecule has 0 spiro atoms. The second kappa shape index (κ2) is 10.7. The number of benzene rings is 2. The molecule has 0 saturated heterocycles. The molecule has 178 valence electrons. The highest BCUT2D eigenvalue weighted by Gasteiger charge is 2.18. The van der Waals surface area contributed by atoms with Crippen LogP contribution in [0.15, 0.2) is 72.1 Å². The molecule has 2 aromatic carbocycles. The Morgan fingerprint density at radius 3 is 2.89 bits per heavy atom. The summed E-state index contributed by atoms with van der Waals surface area (Å²) in [5.41, 5.74) is 8.17. The summed E-state index contributed by atoms with van der Waals surface area (Å²) in [7, 11) is 0. The number of nitrogens with two attached hydrogens (primary N) is 1. The van der Waals surface area contributed by atoms with Gasteiger partial charge in [0.25, 0.3) is 0 Å². The van der Waals surface area contributed by atoms with Gasteiger partial charge in [-0.25, -0.2) is 19.3 Å². The highest BCUT2D eigenvalue weighted by atomic mass is 35.5. The number of carbonyl (C=O) groups is 1. The molecule has 0 aliphatic heterocycles. The van der Waals surface area contributed by atoms with Gasteiger partial charge in [0.15, 0.2) is 0 Å². The molecule has 0 aliphatic carbocycles. The second-order valence-corrected chi connectivity index (χ2v) is 7.64. The Morgan fingerprint density at radius 2 is 2.11 bits per heavy atom. The van der Waals surface area contributed by atoms with E-state index in [1.165, 1.54) is 24.7 Å². The summed E-state index contributed by atoms with van der Waals surface area (Å²) in [6.07, 6.45) is 3.86. The highest BCUT2D eigenvalue weighted by Crippen LogP contribution is 2.34. The number of hydrogen-bond acceptors (Lipinski definition) is 8. The van der Waals surface area contributed by atoms with Crippen molar-refractivity contribution >= 4 is 34.8 Å². The maximum atomic E-state index is 13.4. The average molecular weight is 495 g/mol. The summed E-state index contributed by atoms with van der Waals surface area (Å²) < 4.78 is 24.6. The predicted octanol–water partition coefficient (Wildman–Crippen LogP) is 4.63. The Morgan fingerprint density at radius 1 is 1.26 bits per heavy atom. The lowest BCUT2D eigenvalue weighted by Crippen LogP contribution is -2.20. The third kappa shape index (κ3) is 5.92. The number of nitrogens with one attached hydrogen (secondary N) is 2. The second-order valence-electron chi connectivity index (χ2n) is 7.24. The Balaban J connectivity index is 1.50. The van der Waals surface area contributed by atoms with Crippen molar-refractivity contribution in [1.82, 2.24) is 20.3 Å². The van der Waals surface area contributed by atoms with Crippen LogP contribution < -0.4 is 21.1 Å². The predicted molar refractivity (Wildman–Crippen MR) is 129 cm³/mol. The maximum absolute atomic E-state index is 13.4. The Labute approximate surface area is 204 Å². The van der Waals surface area contributed by atoms with Gasteiger partial charge in [-0.05, 0) is 42.0 Å². The molecule has 11 heteroatoms. The zero-order valence-electron chi connectivity index (χ0n) is 18.3. The number of aromatic nitrogens is 3. The van der Waals surface area contributed by atoms with E-state index in [0.717, 1.165) is 6.08 Å². The lowest BCUT2D eigenvalue weighted by Gasteiger charge is -2.13. The Hall–Kier alpha value is -4.44. The van der Waals surface area contributed by atoms with Gasteiger partial charge in [0, 0.05) is 5.69 Å². The first kappa shape index (κ1) is 23.7. The number of halogens is 2. The molecule has 0 bridgehead atoms. The molecule has 1 amide bonds. The van der Waals surface area contributed by atoms with Crippen molar-refractivity contribution in [2.75, 3.05) is 11.1 Å². The summed E-state index contributed by atoms with van der Waals surface area (Å²) in [4.78, 5) is 24.0. The molecule has 0 saturated carbocycles. The first-order valence-corrected chi connectivity index (χ1v) is 10.7. The molecule has 0 radical (unpaired) electrons. The van der Waals surface area contributed by atoms with Crippen molar-refractivity contribution in [3.05, 3.63) is 89.8 Å². The lowest BCUT2D eigenvalue weighted by atomic mass is 10.2. The van der Waals surface area contributed by atoms with E-state index in [2.05, 4.69) is 32.2 Å². The zero-order valence-corrected chi connectivity index (χ0v) is 19.1. The van der Waals surface area contributed by atoms with Crippen LogP contribution >= 0.6 is 11.6 Å². The van der Waals surface area contributed by atoms with Crippen molar-refractivity contribution in [3.63, 3.8) is 0 Å². The summed E-state index contributed by atoms with van der Waals surface area (Å²) in [5, 5.41) is 6.08. The molecular formula is C24H20ClFN6O3. The number of ether oxygens (including phenoxy) is 1. The SMILES string of the molecule is C=CC(=O)NCc1coc(-c2c(N)ncnc2Nc2ccc(OCc3cccc(F)c3)c(Cl)c2)n1. The number of oxazole rings is 1. The molecule has 4 aromatic rings. The molecule has 0 unspecified atom stereocenters. The molecule has 2 heterocycles. The molecule has 4 N–H and O–H groups in total. The molecule has 9 nitrogen and oxygen atoms in total. The van der Waals surface area contributed by atoms with Gasteiger partial charge in [0.2, 0.25) is 11.8 Å². The fourth-order valence-corrected chi connectivity index (χ4v) is 3.31. The van der Waals surface area contributed by atoms with Crippen LogP contribution in [0.2, 0.25) is 5.02 Å². The van der Waals surface area contributed by atoms with E-state index in [9.17, 15) is 9.18 Å². The Kier molecular flexibility index (Phi) is 7.22. The van der Waals surface area contributed by atoms with Gasteiger partial charge in [0.1, 0.15) is 48.0 Å². The summed E-state index contributed by atoms with van der Waals surface area (Å²) in [5.74, 6) is 0.422. The fourth-order valence-electron chi connectivity index (χ4n) is 3.08. The molecule has 0 aliphatic rings. The van der Waals surface area contributed by atoms with Gasteiger partial charge in [-0.2, -0.15) is 0 Å². The van der Waals surface area contributed by atoms with Gasteiger partial charge in [-0.15, -0.1) is 0 Å². The van der Waals surface area contributed by atoms with E-state index in [1.54, 1.807) is 30.3 Å². The minimum atomic E-state index is -0.337. The molecular weight excluding hydrogens is 475 g/mol. The molecule has 4 rings (SSSR count). The van der Waals surface area contributed by atoms with E-state index in [-0.39, 0.29) is 36.6 Å². The van der Waals surface area contributed by atoms with E-state index < -0.39 is 0 Å². The van der Waals surface area contributed by atoms with Gasteiger partial charge in [0.05, 0.1) is 17.3 Å². The third-order valence-electron chi connectivity index (χ3n) is 4.75. The van der Waals surface area contributed by atoms with E-state index in [4.69, 9.17) is 26.5 Å². The van der Waals surface area contributed by atoms with Crippen molar-refractivity contribution in [2.45, 2.75) is 13.2 Å². The van der Waals surface area contributed by atoms with Gasteiger partial charge >= 0.3 is 0 Å². The van der Waals surface area contributed by atoms with Crippen LogP contribution in [0.1, 0.15) is 11.3 Å². The fraction of sp³-hybridized carbons (Fsp3) is 0.0833. The summed E-state index contributed by atoms with van der Waals surface area (Å²) in [6, 6.07) is 11.2. The summed E-state index contributed by atoms with van der Waals surface area (Å²) >= 11 is 6.39. The smallest absolute Gasteiger partial charge is 0.243 e. The number of carbonyl (C=O) groups excluding carboxylic acids is 1. The van der Waals surface area contributed by atoms with Crippen molar-refractivity contribution in [2.24, 2.45) is 0 Å². The third-order valence-corrected chi connectivity index (χ3v) is 5.04. The average Bonchev–Trinajstić information content (AvgIpc) is 3.30. The maximum Gasteiger partial charge on any atom is 0.243 e. The number of nitrogens with zero attached hydrogens (tertiary/aromatic N) is 3. The monoisotopic (exact) mass is 494 g/mol. The van der Waals surface area contributed by atoms with Crippen LogP contribution in [0, 0.1) is 5.82 Å². The number of anilines is 3. The largest absolute Gasteiger partial charge is 0.487 e. The standard InChI is InChI=1S/C24H20ClFN6O3/c1-2-20(33)28-10-17-12-35-24(32-17)21-22(27)29-13-30-23(21)31-16-6-7-19(18(25)9-16)34-11-14-4-3-5-15(26)8-14/h2-9,12-13H,1,10-11H2,(H,28,33)(H3,27,29,30,31). The molecule has 2 aromatic heterocycles. The van der Waals surface area contributed by atoms with Crippen molar-refractivity contribution in [1.29, 1.82) is 0 Å². The number of rotatable bonds is 9. The molecule has 0 fully saturated rings. The highest BCUT2D eigenvalue weighted by molar-refractivity contribution is 6.32. The van der Waals surface area contributed by atoms with Crippen LogP contribution in [0.5, 0.6) is 5.75 Å². The van der Waals surface area contributed by atoms with E-state index in [1.807, 2.05) is 0 Å². The van der Waals surface area contributed by atoms with Crippen molar-refractivity contribution < 1.29 is 18.3 Å². The molecule has 0 atom stereocenters. The van der Waals surface area contributed by atoms with Crippen LogP contribution in [0.25, 0.3) is 11.5 Å².